The Morgan fingerprint density at radius 1 is 1.60 bits per heavy atom. The molecule has 7 heteroatoms. The van der Waals surface area contributed by atoms with Gasteiger partial charge in [-0.3, -0.25) is 14.9 Å². The van der Waals surface area contributed by atoms with Crippen molar-refractivity contribution < 1.29 is 19.6 Å². The highest BCUT2D eigenvalue weighted by Gasteiger charge is 2.25. The van der Waals surface area contributed by atoms with Crippen LogP contribution in [0.25, 0.3) is 0 Å². The molecule has 1 aromatic rings. The zero-order chi connectivity index (χ0) is 14.7. The molecule has 1 aliphatic heterocycles. The number of likely N-dealkylation sites (N-methyl/N-ethyl adjacent to an activating group) is 1. The van der Waals surface area contributed by atoms with E-state index in [2.05, 4.69) is 0 Å². The van der Waals surface area contributed by atoms with E-state index < -0.39 is 22.3 Å². The van der Waals surface area contributed by atoms with E-state index in [9.17, 15) is 20.0 Å². The van der Waals surface area contributed by atoms with Crippen molar-refractivity contribution in [3.05, 3.63) is 33.9 Å². The molecule has 0 bridgehead atoms. The SMILES string of the molecule is CN(C[C@H]1CCCO1)C(=O)c1cccc([N+](=O)[O-])c1O. The third kappa shape index (κ3) is 2.88. The van der Waals surface area contributed by atoms with Gasteiger partial charge in [-0.2, -0.15) is 0 Å². The van der Waals surface area contributed by atoms with Crippen LogP contribution in [0.2, 0.25) is 0 Å². The van der Waals surface area contributed by atoms with Crippen LogP contribution in [0.1, 0.15) is 23.2 Å². The van der Waals surface area contributed by atoms with Crippen LogP contribution in [0, 0.1) is 10.1 Å². The molecule has 0 saturated carbocycles. The number of amides is 1. The fourth-order valence-corrected chi connectivity index (χ4v) is 2.23. The van der Waals surface area contributed by atoms with Crippen molar-refractivity contribution in [1.29, 1.82) is 0 Å². The number of nitrogens with zero attached hydrogens (tertiary/aromatic N) is 2. The van der Waals surface area contributed by atoms with E-state index in [1.807, 2.05) is 0 Å². The maximum Gasteiger partial charge on any atom is 0.311 e. The number of hydrogen-bond acceptors (Lipinski definition) is 5. The summed E-state index contributed by atoms with van der Waals surface area (Å²) >= 11 is 0. The van der Waals surface area contributed by atoms with E-state index in [-0.39, 0.29) is 11.7 Å². The predicted molar refractivity (Wildman–Crippen MR) is 70.7 cm³/mol. The van der Waals surface area contributed by atoms with Gasteiger partial charge in [0.1, 0.15) is 0 Å². The Balaban J connectivity index is 2.15. The predicted octanol–water partition coefficient (Wildman–Crippen LogP) is 1.55. The zero-order valence-corrected chi connectivity index (χ0v) is 11.1. The Morgan fingerprint density at radius 3 is 2.95 bits per heavy atom. The summed E-state index contributed by atoms with van der Waals surface area (Å²) in [7, 11) is 1.59. The van der Waals surface area contributed by atoms with E-state index >= 15 is 0 Å². The van der Waals surface area contributed by atoms with Gasteiger partial charge < -0.3 is 14.7 Å². The Morgan fingerprint density at radius 2 is 2.35 bits per heavy atom. The van der Waals surface area contributed by atoms with Gasteiger partial charge in [-0.05, 0) is 18.9 Å². The molecule has 1 aliphatic rings. The first-order chi connectivity index (χ1) is 9.50. The Hall–Kier alpha value is -2.15. The molecule has 0 spiro atoms. The monoisotopic (exact) mass is 280 g/mol. The highest BCUT2D eigenvalue weighted by Crippen LogP contribution is 2.30. The third-order valence-electron chi connectivity index (χ3n) is 3.29. The summed E-state index contributed by atoms with van der Waals surface area (Å²) in [5.41, 5.74) is -0.541. The Bertz CT molecular complexity index is 525. The van der Waals surface area contributed by atoms with E-state index in [1.54, 1.807) is 7.05 Å². The van der Waals surface area contributed by atoms with E-state index in [1.165, 1.54) is 17.0 Å². The molecule has 20 heavy (non-hydrogen) atoms. The van der Waals surface area contributed by atoms with E-state index in [4.69, 9.17) is 4.74 Å². The van der Waals surface area contributed by atoms with Crippen molar-refractivity contribution >= 4 is 11.6 Å². The number of nitro groups is 1. The van der Waals surface area contributed by atoms with Crippen LogP contribution in [0.3, 0.4) is 0 Å². The minimum atomic E-state index is -0.716. The number of ether oxygens (including phenoxy) is 1. The van der Waals surface area contributed by atoms with Gasteiger partial charge >= 0.3 is 5.69 Å². The van der Waals surface area contributed by atoms with Gasteiger partial charge in [-0.1, -0.05) is 6.07 Å². The van der Waals surface area contributed by atoms with Crippen LogP contribution in [0.15, 0.2) is 18.2 Å². The quantitative estimate of drug-likeness (QED) is 0.667. The summed E-state index contributed by atoms with van der Waals surface area (Å²) < 4.78 is 5.44. The first-order valence-electron chi connectivity index (χ1n) is 6.34. The fraction of sp³-hybridized carbons (Fsp3) is 0.462. The van der Waals surface area contributed by atoms with Gasteiger partial charge in [-0.25, -0.2) is 0 Å². The normalized spacial score (nSPS) is 17.9. The maximum atomic E-state index is 12.2. The number of phenols is 1. The van der Waals surface area contributed by atoms with Gasteiger partial charge in [0.25, 0.3) is 5.91 Å². The first kappa shape index (κ1) is 14.3. The van der Waals surface area contributed by atoms with Gasteiger partial charge in [0.2, 0.25) is 5.75 Å². The molecule has 1 saturated heterocycles. The molecule has 1 aromatic carbocycles. The number of rotatable bonds is 4. The molecule has 2 rings (SSSR count). The molecule has 7 nitrogen and oxygen atoms in total. The summed E-state index contributed by atoms with van der Waals surface area (Å²) in [5.74, 6) is -1.05. The van der Waals surface area contributed by atoms with Gasteiger partial charge in [0, 0.05) is 26.3 Å². The van der Waals surface area contributed by atoms with E-state index in [0.29, 0.717) is 13.2 Å². The topological polar surface area (TPSA) is 92.9 Å². The molecule has 0 radical (unpaired) electrons. The van der Waals surface area contributed by atoms with Gasteiger partial charge in [0.15, 0.2) is 0 Å². The lowest BCUT2D eigenvalue weighted by Gasteiger charge is -2.21. The maximum absolute atomic E-state index is 12.2. The number of carbonyl (C=O) groups is 1. The van der Waals surface area contributed by atoms with Crippen molar-refractivity contribution in [3.63, 3.8) is 0 Å². The van der Waals surface area contributed by atoms with Gasteiger partial charge in [-0.15, -0.1) is 0 Å². The minimum absolute atomic E-state index is 0.00945. The number of phenolic OH excluding ortho intramolecular Hbond substituents is 1. The third-order valence-corrected chi connectivity index (χ3v) is 3.29. The average molecular weight is 280 g/mol. The molecule has 0 aromatic heterocycles. The van der Waals surface area contributed by atoms with E-state index in [0.717, 1.165) is 18.9 Å². The summed E-state index contributed by atoms with van der Waals surface area (Å²) in [4.78, 5) is 23.7. The molecular weight excluding hydrogens is 264 g/mol. The number of carbonyl (C=O) groups excluding carboxylic acids is 1. The van der Waals surface area contributed by atoms with Crippen LogP contribution in [-0.4, -0.2) is 47.1 Å². The number of para-hydroxylation sites is 1. The summed E-state index contributed by atoms with van der Waals surface area (Å²) in [6, 6.07) is 3.91. The standard InChI is InChI=1S/C13H16N2O5/c1-14(8-9-4-3-7-20-9)13(17)10-5-2-6-11(12(10)16)15(18)19/h2,5-6,9,16H,3-4,7-8H2,1H3/t9-/m1/s1. The molecule has 1 atom stereocenters. The van der Waals surface area contributed by atoms with Crippen molar-refractivity contribution in [2.45, 2.75) is 18.9 Å². The summed E-state index contributed by atoms with van der Waals surface area (Å²) in [5, 5.41) is 20.6. The minimum Gasteiger partial charge on any atom is -0.502 e. The van der Waals surface area contributed by atoms with Crippen molar-refractivity contribution in [1.82, 2.24) is 4.90 Å². The second-order valence-electron chi connectivity index (χ2n) is 4.75. The van der Waals surface area contributed by atoms with Crippen LogP contribution < -0.4 is 0 Å². The summed E-state index contributed by atoms with van der Waals surface area (Å²) in [6.45, 7) is 1.09. The Kier molecular flexibility index (Phi) is 4.19. The Labute approximate surface area is 115 Å². The van der Waals surface area contributed by atoms with Gasteiger partial charge in [0.05, 0.1) is 16.6 Å². The van der Waals surface area contributed by atoms with Crippen LogP contribution >= 0.6 is 0 Å². The van der Waals surface area contributed by atoms with Crippen LogP contribution in [-0.2, 0) is 4.74 Å². The van der Waals surface area contributed by atoms with Crippen molar-refractivity contribution in [3.8, 4) is 5.75 Å². The molecule has 1 heterocycles. The number of benzene rings is 1. The number of hydrogen-bond donors (Lipinski definition) is 1. The summed E-state index contributed by atoms with van der Waals surface area (Å²) in [6.07, 6.45) is 1.85. The highest BCUT2D eigenvalue weighted by molar-refractivity contribution is 5.97. The smallest absolute Gasteiger partial charge is 0.311 e. The van der Waals surface area contributed by atoms with Crippen molar-refractivity contribution in [2.75, 3.05) is 20.2 Å². The number of nitro benzene ring substituents is 1. The lowest BCUT2D eigenvalue weighted by atomic mass is 10.1. The molecule has 1 fully saturated rings. The molecule has 0 aliphatic carbocycles. The molecule has 108 valence electrons. The first-order valence-corrected chi connectivity index (χ1v) is 6.34. The lowest BCUT2D eigenvalue weighted by Crippen LogP contribution is -2.34. The molecule has 1 amide bonds. The second kappa shape index (κ2) is 5.87. The largest absolute Gasteiger partial charge is 0.502 e. The second-order valence-corrected chi connectivity index (χ2v) is 4.75. The average Bonchev–Trinajstić information content (AvgIpc) is 2.90. The molecular formula is C13H16N2O5. The van der Waals surface area contributed by atoms with Crippen LogP contribution in [0.5, 0.6) is 5.75 Å². The highest BCUT2D eigenvalue weighted by atomic mass is 16.6. The number of aromatic hydroxyl groups is 1. The fourth-order valence-electron chi connectivity index (χ4n) is 2.23. The zero-order valence-electron chi connectivity index (χ0n) is 11.1. The lowest BCUT2D eigenvalue weighted by molar-refractivity contribution is -0.385. The molecule has 1 N–H and O–H groups in total. The van der Waals surface area contributed by atoms with Crippen molar-refractivity contribution in [2.24, 2.45) is 0 Å². The molecule has 0 unspecified atom stereocenters. The van der Waals surface area contributed by atoms with Crippen LogP contribution in [0.4, 0.5) is 5.69 Å².